The summed E-state index contributed by atoms with van der Waals surface area (Å²) in [6, 6.07) is 12.9. The number of carbonyl (C=O) groups is 4. The molecule has 0 saturated heterocycles. The molecule has 1 aliphatic rings. The predicted molar refractivity (Wildman–Crippen MR) is 122 cm³/mol. The van der Waals surface area contributed by atoms with Gasteiger partial charge in [-0.15, -0.1) is 0 Å². The van der Waals surface area contributed by atoms with Crippen LogP contribution in [-0.4, -0.2) is 45.8 Å². The van der Waals surface area contributed by atoms with Gasteiger partial charge in [0.05, 0.1) is 5.75 Å². The first-order chi connectivity index (χ1) is 15.8. The second-order valence-corrected chi connectivity index (χ2v) is 8.34. The summed E-state index contributed by atoms with van der Waals surface area (Å²) in [6.45, 7) is 3.19. The topological polar surface area (TPSA) is 115 Å². The fraction of sp³-hybridized carbons (Fsp3) is 0.167. The van der Waals surface area contributed by atoms with E-state index in [0.29, 0.717) is 22.0 Å². The van der Waals surface area contributed by atoms with Crippen LogP contribution in [0, 0.1) is 13.8 Å². The molecule has 33 heavy (non-hydrogen) atoms. The first-order valence-electron chi connectivity index (χ1n) is 10.0. The summed E-state index contributed by atoms with van der Waals surface area (Å²) >= 11 is 1.12. The highest BCUT2D eigenvalue weighted by Crippen LogP contribution is 2.29. The number of amides is 1. The fourth-order valence-corrected chi connectivity index (χ4v) is 4.19. The van der Waals surface area contributed by atoms with E-state index in [1.165, 1.54) is 18.2 Å². The Kier molecular flexibility index (Phi) is 6.32. The standard InChI is InChI=1S/C24H19N3O5S/c1-13-9-14(2)26-24(25-13)33-12-21(29)32-11-20(28)27-15-7-8-18-19(10-15)23(31)17-6-4-3-5-16(17)22(18)30/h3-10H,11-12H2,1-2H3,(H,27,28). The molecule has 166 valence electrons. The highest BCUT2D eigenvalue weighted by atomic mass is 32.2. The molecule has 3 aromatic rings. The molecule has 0 fully saturated rings. The highest BCUT2D eigenvalue weighted by molar-refractivity contribution is 7.99. The van der Waals surface area contributed by atoms with Gasteiger partial charge in [-0.1, -0.05) is 36.0 Å². The lowest BCUT2D eigenvalue weighted by atomic mass is 9.84. The van der Waals surface area contributed by atoms with E-state index in [1.807, 2.05) is 19.9 Å². The van der Waals surface area contributed by atoms with Crippen molar-refractivity contribution in [3.63, 3.8) is 0 Å². The maximum Gasteiger partial charge on any atom is 0.316 e. The van der Waals surface area contributed by atoms with Gasteiger partial charge in [-0.3, -0.25) is 19.2 Å². The molecule has 8 nitrogen and oxygen atoms in total. The highest BCUT2D eigenvalue weighted by Gasteiger charge is 2.29. The molecular formula is C24H19N3O5S. The molecule has 1 amide bonds. The van der Waals surface area contributed by atoms with Gasteiger partial charge < -0.3 is 10.1 Å². The number of anilines is 1. The lowest BCUT2D eigenvalue weighted by Gasteiger charge is -2.18. The molecule has 9 heteroatoms. The summed E-state index contributed by atoms with van der Waals surface area (Å²) in [5, 5.41) is 3.05. The van der Waals surface area contributed by atoms with E-state index < -0.39 is 18.5 Å². The number of nitrogens with one attached hydrogen (secondary N) is 1. The molecule has 0 bridgehead atoms. The summed E-state index contributed by atoms with van der Waals surface area (Å²) in [6.07, 6.45) is 0. The minimum atomic E-state index is -0.583. The lowest BCUT2D eigenvalue weighted by molar-refractivity contribution is -0.144. The Morgan fingerprint density at radius 3 is 2.15 bits per heavy atom. The monoisotopic (exact) mass is 461 g/mol. The summed E-state index contributed by atoms with van der Waals surface area (Å²) in [5.74, 6) is -1.71. The van der Waals surface area contributed by atoms with E-state index in [1.54, 1.807) is 24.3 Å². The van der Waals surface area contributed by atoms with E-state index >= 15 is 0 Å². The number of ketones is 2. The number of esters is 1. The molecular weight excluding hydrogens is 442 g/mol. The number of ether oxygens (including phenoxy) is 1. The number of nitrogens with zero attached hydrogens (tertiary/aromatic N) is 2. The van der Waals surface area contributed by atoms with Crippen molar-refractivity contribution in [3.05, 3.63) is 82.2 Å². The number of aryl methyl sites for hydroxylation is 2. The Bertz CT molecular complexity index is 1280. The number of thioether (sulfide) groups is 1. The van der Waals surface area contributed by atoms with E-state index in [2.05, 4.69) is 15.3 Å². The molecule has 2 aromatic carbocycles. The third-order valence-corrected chi connectivity index (χ3v) is 5.67. The predicted octanol–water partition coefficient (Wildman–Crippen LogP) is 3.14. The number of aromatic nitrogens is 2. The van der Waals surface area contributed by atoms with Crippen LogP contribution < -0.4 is 5.32 Å². The molecule has 1 aliphatic carbocycles. The van der Waals surface area contributed by atoms with E-state index in [9.17, 15) is 19.2 Å². The zero-order valence-electron chi connectivity index (χ0n) is 17.9. The Hall–Kier alpha value is -3.85. The molecule has 0 saturated carbocycles. The molecule has 0 unspecified atom stereocenters. The number of hydrogen-bond donors (Lipinski definition) is 1. The SMILES string of the molecule is Cc1cc(C)nc(SCC(=O)OCC(=O)Nc2ccc3c(c2)C(=O)c2ccccc2C3=O)n1. The van der Waals surface area contributed by atoms with Crippen molar-refractivity contribution in [2.45, 2.75) is 19.0 Å². The Labute approximate surface area is 193 Å². The van der Waals surface area contributed by atoms with Crippen LogP contribution >= 0.6 is 11.8 Å². The van der Waals surface area contributed by atoms with Gasteiger partial charge in [-0.25, -0.2) is 9.97 Å². The normalized spacial score (nSPS) is 12.1. The van der Waals surface area contributed by atoms with Crippen molar-refractivity contribution in [2.75, 3.05) is 17.7 Å². The minimum absolute atomic E-state index is 0.0367. The van der Waals surface area contributed by atoms with Crippen molar-refractivity contribution in [1.82, 2.24) is 9.97 Å². The largest absolute Gasteiger partial charge is 0.455 e. The molecule has 0 atom stereocenters. The Morgan fingerprint density at radius 2 is 1.48 bits per heavy atom. The van der Waals surface area contributed by atoms with Crippen LogP contribution in [0.2, 0.25) is 0 Å². The van der Waals surface area contributed by atoms with Gasteiger partial charge in [-0.05, 0) is 38.1 Å². The smallest absolute Gasteiger partial charge is 0.316 e. The molecule has 1 N–H and O–H groups in total. The number of fused-ring (bicyclic) bond motifs is 2. The lowest BCUT2D eigenvalue weighted by Crippen LogP contribution is -2.23. The molecule has 1 heterocycles. The Morgan fingerprint density at radius 1 is 0.879 bits per heavy atom. The third-order valence-electron chi connectivity index (χ3n) is 4.85. The van der Waals surface area contributed by atoms with Gasteiger partial charge >= 0.3 is 5.97 Å². The van der Waals surface area contributed by atoms with Crippen molar-refractivity contribution < 1.29 is 23.9 Å². The van der Waals surface area contributed by atoms with Crippen molar-refractivity contribution in [3.8, 4) is 0 Å². The third kappa shape index (κ3) is 4.98. The number of benzene rings is 2. The van der Waals surface area contributed by atoms with Gasteiger partial charge in [0, 0.05) is 39.3 Å². The van der Waals surface area contributed by atoms with E-state index in [-0.39, 0.29) is 28.4 Å². The second-order valence-electron chi connectivity index (χ2n) is 7.40. The summed E-state index contributed by atoms with van der Waals surface area (Å²) in [7, 11) is 0. The van der Waals surface area contributed by atoms with Crippen molar-refractivity contribution in [2.24, 2.45) is 0 Å². The molecule has 4 rings (SSSR count). The van der Waals surface area contributed by atoms with Crippen LogP contribution in [0.4, 0.5) is 5.69 Å². The maximum atomic E-state index is 12.8. The quantitative estimate of drug-likeness (QED) is 0.265. The zero-order chi connectivity index (χ0) is 23.5. The van der Waals surface area contributed by atoms with Crippen molar-refractivity contribution >= 4 is 40.9 Å². The second kappa shape index (κ2) is 9.33. The first-order valence-corrected chi connectivity index (χ1v) is 11.0. The first kappa shape index (κ1) is 22.3. The van der Waals surface area contributed by atoms with Crippen LogP contribution in [0.25, 0.3) is 0 Å². The Balaban J connectivity index is 1.34. The van der Waals surface area contributed by atoms with Gasteiger partial charge in [0.2, 0.25) is 0 Å². The fourth-order valence-electron chi connectivity index (χ4n) is 3.44. The summed E-state index contributed by atoms with van der Waals surface area (Å²) < 4.78 is 5.01. The molecule has 0 spiro atoms. The van der Waals surface area contributed by atoms with Gasteiger partial charge in [0.25, 0.3) is 5.91 Å². The number of rotatable bonds is 6. The van der Waals surface area contributed by atoms with Crippen LogP contribution in [0.1, 0.15) is 43.2 Å². The van der Waals surface area contributed by atoms with Crippen molar-refractivity contribution in [1.29, 1.82) is 0 Å². The summed E-state index contributed by atoms with van der Waals surface area (Å²) in [5.41, 5.74) is 3.12. The average Bonchev–Trinajstić information content (AvgIpc) is 2.79. The van der Waals surface area contributed by atoms with Gasteiger partial charge in [0.1, 0.15) is 0 Å². The van der Waals surface area contributed by atoms with Crippen LogP contribution in [0.3, 0.4) is 0 Å². The average molecular weight is 461 g/mol. The number of carbonyl (C=O) groups excluding carboxylic acids is 4. The van der Waals surface area contributed by atoms with E-state index in [0.717, 1.165) is 23.1 Å². The maximum absolute atomic E-state index is 12.8. The molecule has 0 aliphatic heterocycles. The van der Waals surface area contributed by atoms with Gasteiger partial charge in [0.15, 0.2) is 23.3 Å². The summed E-state index contributed by atoms with van der Waals surface area (Å²) in [4.78, 5) is 58.1. The molecule has 0 radical (unpaired) electrons. The van der Waals surface area contributed by atoms with Crippen LogP contribution in [0.15, 0.2) is 53.7 Å². The van der Waals surface area contributed by atoms with Gasteiger partial charge in [-0.2, -0.15) is 0 Å². The number of hydrogen-bond acceptors (Lipinski definition) is 8. The zero-order valence-corrected chi connectivity index (χ0v) is 18.7. The molecule has 1 aromatic heterocycles. The van der Waals surface area contributed by atoms with Crippen LogP contribution in [0.5, 0.6) is 0 Å². The minimum Gasteiger partial charge on any atom is -0.455 e. The van der Waals surface area contributed by atoms with E-state index in [4.69, 9.17) is 4.74 Å². The van der Waals surface area contributed by atoms with Crippen LogP contribution in [-0.2, 0) is 14.3 Å².